The lowest BCUT2D eigenvalue weighted by Gasteiger charge is -2.09. The summed E-state index contributed by atoms with van der Waals surface area (Å²) >= 11 is 1.69. The molecule has 0 bridgehead atoms. The Balaban J connectivity index is 2.57. The van der Waals surface area contributed by atoms with E-state index in [-0.39, 0.29) is 11.9 Å². The van der Waals surface area contributed by atoms with Crippen LogP contribution >= 0.6 is 11.8 Å². The second-order valence-electron chi connectivity index (χ2n) is 2.98. The largest absolute Gasteiger partial charge is 0.481 e. The van der Waals surface area contributed by atoms with Crippen molar-refractivity contribution < 1.29 is 9.84 Å². The van der Waals surface area contributed by atoms with Crippen molar-refractivity contribution in [1.82, 2.24) is 4.98 Å². The van der Waals surface area contributed by atoms with E-state index >= 15 is 0 Å². The average molecular weight is 213 g/mol. The Kier molecular flexibility index (Phi) is 4.76. The fourth-order valence-electron chi connectivity index (χ4n) is 1.00. The fraction of sp³-hybridized carbons (Fsp3) is 0.500. The van der Waals surface area contributed by atoms with Crippen LogP contribution in [0.4, 0.5) is 0 Å². The van der Waals surface area contributed by atoms with Crippen LogP contribution in [-0.4, -0.2) is 29.1 Å². The molecule has 0 radical (unpaired) electrons. The third kappa shape index (κ3) is 3.20. The highest BCUT2D eigenvalue weighted by Gasteiger charge is 2.06. The zero-order chi connectivity index (χ0) is 10.4. The molecule has 1 rings (SSSR count). The normalized spacial score (nSPS) is 12.5. The van der Waals surface area contributed by atoms with E-state index in [9.17, 15) is 0 Å². The molecule has 1 unspecified atom stereocenters. The molecule has 4 heteroatoms. The number of aliphatic hydroxyl groups excluding tert-OH is 1. The molecule has 0 aliphatic rings. The summed E-state index contributed by atoms with van der Waals surface area (Å²) in [6.45, 7) is 2.20. The van der Waals surface area contributed by atoms with Gasteiger partial charge in [0.2, 0.25) is 5.88 Å². The van der Waals surface area contributed by atoms with E-state index < -0.39 is 0 Å². The van der Waals surface area contributed by atoms with Crippen LogP contribution in [0.2, 0.25) is 0 Å². The molecule has 0 amide bonds. The van der Waals surface area contributed by atoms with Crippen molar-refractivity contribution in [2.45, 2.75) is 17.9 Å². The molecule has 0 aliphatic heterocycles. The molecule has 1 aromatic rings. The van der Waals surface area contributed by atoms with Gasteiger partial charge in [0.05, 0.1) is 13.7 Å². The Labute approximate surface area is 88.5 Å². The molecule has 1 atom stereocenters. The van der Waals surface area contributed by atoms with Crippen LogP contribution in [0.5, 0.6) is 5.88 Å². The van der Waals surface area contributed by atoms with Gasteiger partial charge in [-0.25, -0.2) is 4.98 Å². The van der Waals surface area contributed by atoms with Crippen molar-refractivity contribution in [2.24, 2.45) is 0 Å². The minimum Gasteiger partial charge on any atom is -0.481 e. The molecule has 78 valence electrons. The second kappa shape index (κ2) is 5.88. The Morgan fingerprint density at radius 2 is 2.43 bits per heavy atom. The van der Waals surface area contributed by atoms with E-state index in [0.717, 1.165) is 11.3 Å². The molecule has 3 nitrogen and oxygen atoms in total. The molecule has 14 heavy (non-hydrogen) atoms. The van der Waals surface area contributed by atoms with Gasteiger partial charge in [-0.15, -0.1) is 0 Å². The maximum absolute atomic E-state index is 8.87. The second-order valence-corrected chi connectivity index (χ2v) is 4.40. The maximum atomic E-state index is 8.87. The third-order valence-electron chi connectivity index (χ3n) is 1.82. The van der Waals surface area contributed by atoms with Gasteiger partial charge in [0.15, 0.2) is 0 Å². The molecule has 0 aliphatic carbocycles. The molecule has 1 heterocycles. The van der Waals surface area contributed by atoms with Crippen molar-refractivity contribution in [3.63, 3.8) is 0 Å². The lowest BCUT2D eigenvalue weighted by molar-refractivity contribution is 0.300. The van der Waals surface area contributed by atoms with E-state index in [2.05, 4.69) is 4.98 Å². The fourth-order valence-corrected chi connectivity index (χ4v) is 1.79. The maximum Gasteiger partial charge on any atom is 0.217 e. The van der Waals surface area contributed by atoms with Gasteiger partial charge in [0.25, 0.3) is 0 Å². The number of nitrogens with zero attached hydrogens (tertiary/aromatic N) is 1. The highest BCUT2D eigenvalue weighted by molar-refractivity contribution is 7.99. The Morgan fingerprint density at radius 1 is 1.64 bits per heavy atom. The average Bonchev–Trinajstić information content (AvgIpc) is 2.26. The van der Waals surface area contributed by atoms with E-state index in [0.29, 0.717) is 5.88 Å². The van der Waals surface area contributed by atoms with Gasteiger partial charge in [-0.2, -0.15) is 11.8 Å². The number of hydrogen-bond acceptors (Lipinski definition) is 4. The molecule has 0 spiro atoms. The number of aliphatic hydroxyl groups is 1. The van der Waals surface area contributed by atoms with Crippen molar-refractivity contribution in [2.75, 3.05) is 13.7 Å². The molecular weight excluding hydrogens is 198 g/mol. The van der Waals surface area contributed by atoms with Crippen LogP contribution in [0.15, 0.2) is 18.3 Å². The van der Waals surface area contributed by atoms with Crippen LogP contribution < -0.4 is 4.74 Å². The number of ether oxygens (including phenoxy) is 1. The highest BCUT2D eigenvalue weighted by atomic mass is 32.2. The van der Waals surface area contributed by atoms with Crippen LogP contribution in [0, 0.1) is 0 Å². The predicted molar refractivity (Wildman–Crippen MR) is 58.6 cm³/mol. The quantitative estimate of drug-likeness (QED) is 0.808. The van der Waals surface area contributed by atoms with Crippen LogP contribution in [0.1, 0.15) is 12.5 Å². The van der Waals surface area contributed by atoms with Gasteiger partial charge in [-0.05, 0) is 6.07 Å². The van der Waals surface area contributed by atoms with Gasteiger partial charge in [-0.1, -0.05) is 13.0 Å². The first-order valence-corrected chi connectivity index (χ1v) is 5.53. The number of thioether (sulfide) groups is 1. The summed E-state index contributed by atoms with van der Waals surface area (Å²) in [4.78, 5) is 4.10. The van der Waals surface area contributed by atoms with Crippen molar-refractivity contribution in [3.05, 3.63) is 23.9 Å². The summed E-state index contributed by atoms with van der Waals surface area (Å²) in [5, 5.41) is 9.12. The van der Waals surface area contributed by atoms with Gasteiger partial charge >= 0.3 is 0 Å². The summed E-state index contributed by atoms with van der Waals surface area (Å²) in [6.07, 6.45) is 1.71. The molecular formula is C10H15NO2S. The minimum atomic E-state index is 0.202. The summed E-state index contributed by atoms with van der Waals surface area (Å²) in [5.74, 6) is 1.49. The van der Waals surface area contributed by atoms with E-state index in [1.807, 2.05) is 19.1 Å². The number of pyridine rings is 1. The topological polar surface area (TPSA) is 42.4 Å². The predicted octanol–water partition coefficient (Wildman–Crippen LogP) is 1.70. The number of hydrogen-bond donors (Lipinski definition) is 1. The molecule has 1 N–H and O–H groups in total. The van der Waals surface area contributed by atoms with Gasteiger partial charge in [-0.3, -0.25) is 0 Å². The molecule has 0 saturated heterocycles. The highest BCUT2D eigenvalue weighted by Crippen LogP contribution is 2.22. The standard InChI is InChI=1S/C10H15NO2S/c1-8(6-12)14-7-9-4-3-5-11-10(9)13-2/h3-5,8,12H,6-7H2,1-2H3. The van der Waals surface area contributed by atoms with E-state index in [4.69, 9.17) is 9.84 Å². The lowest BCUT2D eigenvalue weighted by Crippen LogP contribution is -2.03. The minimum absolute atomic E-state index is 0.202. The van der Waals surface area contributed by atoms with E-state index in [1.165, 1.54) is 0 Å². The zero-order valence-electron chi connectivity index (χ0n) is 8.43. The Morgan fingerprint density at radius 3 is 3.07 bits per heavy atom. The third-order valence-corrected chi connectivity index (χ3v) is 3.02. The van der Waals surface area contributed by atoms with E-state index in [1.54, 1.807) is 25.1 Å². The van der Waals surface area contributed by atoms with Crippen molar-refractivity contribution in [3.8, 4) is 5.88 Å². The Hall–Kier alpha value is -0.740. The van der Waals surface area contributed by atoms with Gasteiger partial charge in [0.1, 0.15) is 0 Å². The monoisotopic (exact) mass is 213 g/mol. The summed E-state index contributed by atoms with van der Waals surface area (Å²) < 4.78 is 5.12. The molecule has 0 fully saturated rings. The first-order valence-electron chi connectivity index (χ1n) is 4.48. The summed E-state index contributed by atoms with van der Waals surface area (Å²) in [5.41, 5.74) is 1.07. The van der Waals surface area contributed by atoms with Gasteiger partial charge in [0, 0.05) is 22.8 Å². The van der Waals surface area contributed by atoms with Gasteiger partial charge < -0.3 is 9.84 Å². The lowest BCUT2D eigenvalue weighted by atomic mass is 10.3. The number of aromatic nitrogens is 1. The van der Waals surface area contributed by atoms with Crippen LogP contribution in [0.3, 0.4) is 0 Å². The number of rotatable bonds is 5. The SMILES string of the molecule is COc1ncccc1CSC(C)CO. The Bertz CT molecular complexity index is 281. The number of methoxy groups -OCH3 is 1. The van der Waals surface area contributed by atoms with Crippen molar-refractivity contribution >= 4 is 11.8 Å². The van der Waals surface area contributed by atoms with Crippen LogP contribution in [0.25, 0.3) is 0 Å². The smallest absolute Gasteiger partial charge is 0.217 e. The van der Waals surface area contributed by atoms with Crippen molar-refractivity contribution in [1.29, 1.82) is 0 Å². The first-order chi connectivity index (χ1) is 6.77. The molecule has 1 aromatic heterocycles. The summed E-state index contributed by atoms with van der Waals surface area (Å²) in [7, 11) is 1.62. The zero-order valence-corrected chi connectivity index (χ0v) is 9.25. The molecule has 0 aromatic carbocycles. The van der Waals surface area contributed by atoms with Crippen LogP contribution in [-0.2, 0) is 5.75 Å². The summed E-state index contributed by atoms with van der Waals surface area (Å²) in [6, 6.07) is 3.88. The molecule has 0 saturated carbocycles. The first kappa shape index (κ1) is 11.3.